The Morgan fingerprint density at radius 1 is 1.26 bits per heavy atom. The number of aromatic nitrogens is 2. The van der Waals surface area contributed by atoms with E-state index in [-0.39, 0.29) is 16.3 Å². The van der Waals surface area contributed by atoms with Gasteiger partial charge in [-0.1, -0.05) is 30.3 Å². The van der Waals surface area contributed by atoms with Crippen molar-refractivity contribution in [1.82, 2.24) is 9.78 Å². The number of carbonyl (C=O) groups excluding carboxylic acids is 1. The molecule has 0 aliphatic rings. The van der Waals surface area contributed by atoms with E-state index >= 15 is 0 Å². The lowest BCUT2D eigenvalue weighted by Gasteiger charge is -2.10. The van der Waals surface area contributed by atoms with Gasteiger partial charge >= 0.3 is 5.97 Å². The number of ether oxygens (including phenoxy) is 1. The van der Waals surface area contributed by atoms with Crippen LogP contribution in [0.15, 0.2) is 59.5 Å². The minimum atomic E-state index is -3.04. The van der Waals surface area contributed by atoms with Crippen LogP contribution in [-0.4, -0.2) is 32.9 Å². The summed E-state index contributed by atoms with van der Waals surface area (Å²) in [5.41, 5.74) is 1.72. The van der Waals surface area contributed by atoms with Crippen molar-refractivity contribution in [3.63, 3.8) is 0 Å². The standard InChI is InChI=1S/C19H18FN3O3S/c1-26-19(24)17-11-14(10-13-6-4-3-5-7-13)23(22-17)18-9-8-15(12-16(18)20)27(2,21)25/h3-9,11-12H,2,10H2,1H3,(H2,21,25). The predicted molar refractivity (Wildman–Crippen MR) is 102 cm³/mol. The highest BCUT2D eigenvalue weighted by Gasteiger charge is 2.19. The molecule has 0 spiro atoms. The minimum absolute atomic E-state index is 0.0617. The van der Waals surface area contributed by atoms with Crippen LogP contribution < -0.4 is 5.14 Å². The van der Waals surface area contributed by atoms with Crippen molar-refractivity contribution in [1.29, 1.82) is 0 Å². The molecule has 0 aliphatic heterocycles. The van der Waals surface area contributed by atoms with Crippen molar-refractivity contribution in [2.45, 2.75) is 11.3 Å². The Hall–Kier alpha value is -2.97. The highest BCUT2D eigenvalue weighted by atomic mass is 32.2. The molecular formula is C19H18FN3O3S. The molecular weight excluding hydrogens is 369 g/mol. The molecule has 0 amide bonds. The molecule has 6 nitrogen and oxygen atoms in total. The zero-order valence-electron chi connectivity index (χ0n) is 14.6. The molecule has 2 aromatic carbocycles. The number of rotatable bonds is 5. The Balaban J connectivity index is 2.11. The molecule has 0 saturated heterocycles. The maximum Gasteiger partial charge on any atom is 0.358 e. The van der Waals surface area contributed by atoms with Gasteiger partial charge < -0.3 is 4.74 Å². The number of methoxy groups -OCH3 is 1. The zero-order valence-corrected chi connectivity index (χ0v) is 15.4. The third kappa shape index (κ3) is 4.07. The van der Waals surface area contributed by atoms with Gasteiger partial charge in [-0.15, -0.1) is 0 Å². The largest absolute Gasteiger partial charge is 0.464 e. The first-order chi connectivity index (χ1) is 12.8. The van der Waals surface area contributed by atoms with Crippen LogP contribution in [0.2, 0.25) is 0 Å². The number of halogens is 1. The van der Waals surface area contributed by atoms with Crippen molar-refractivity contribution in [2.75, 3.05) is 7.11 Å². The Morgan fingerprint density at radius 2 is 1.96 bits per heavy atom. The lowest BCUT2D eigenvalue weighted by Crippen LogP contribution is -2.13. The van der Waals surface area contributed by atoms with E-state index in [0.717, 1.165) is 11.6 Å². The van der Waals surface area contributed by atoms with E-state index in [0.29, 0.717) is 12.1 Å². The topological polar surface area (TPSA) is 87.2 Å². The number of nitrogens with zero attached hydrogens (tertiary/aromatic N) is 2. The Bertz CT molecular complexity index is 1090. The molecule has 8 heteroatoms. The van der Waals surface area contributed by atoms with Gasteiger partial charge in [0.25, 0.3) is 0 Å². The highest BCUT2D eigenvalue weighted by molar-refractivity contribution is 7.98. The maximum absolute atomic E-state index is 14.7. The Morgan fingerprint density at radius 3 is 2.56 bits per heavy atom. The van der Waals surface area contributed by atoms with E-state index < -0.39 is 21.5 Å². The van der Waals surface area contributed by atoms with E-state index in [2.05, 4.69) is 11.0 Å². The molecule has 0 fully saturated rings. The third-order valence-corrected chi connectivity index (χ3v) is 5.00. The number of benzene rings is 2. The average molecular weight is 387 g/mol. The van der Waals surface area contributed by atoms with E-state index in [1.165, 1.54) is 23.9 Å². The predicted octanol–water partition coefficient (Wildman–Crippen LogP) is 2.34. The second-order valence-corrected chi connectivity index (χ2v) is 7.85. The molecule has 1 unspecified atom stereocenters. The highest BCUT2D eigenvalue weighted by Crippen LogP contribution is 2.22. The van der Waals surface area contributed by atoms with Crippen molar-refractivity contribution >= 4 is 21.5 Å². The van der Waals surface area contributed by atoms with Gasteiger partial charge in [-0.2, -0.15) is 5.10 Å². The molecule has 0 aliphatic carbocycles. The average Bonchev–Trinajstić information content (AvgIpc) is 3.04. The molecule has 3 aromatic rings. The van der Waals surface area contributed by atoms with Gasteiger partial charge in [0.05, 0.1) is 16.8 Å². The summed E-state index contributed by atoms with van der Waals surface area (Å²) in [4.78, 5) is 12.0. The molecule has 3 rings (SSSR count). The number of esters is 1. The molecule has 140 valence electrons. The van der Waals surface area contributed by atoms with E-state index in [9.17, 15) is 13.4 Å². The Labute approximate surface area is 156 Å². The quantitative estimate of drug-likeness (QED) is 0.538. The van der Waals surface area contributed by atoms with Gasteiger partial charge in [-0.3, -0.25) is 5.14 Å². The smallest absolute Gasteiger partial charge is 0.358 e. The van der Waals surface area contributed by atoms with Crippen LogP contribution in [0.25, 0.3) is 5.69 Å². The molecule has 0 saturated carbocycles. The summed E-state index contributed by atoms with van der Waals surface area (Å²) in [6.45, 7) is 0. The Kier molecular flexibility index (Phi) is 5.11. The number of carbonyl (C=O) groups is 1. The summed E-state index contributed by atoms with van der Waals surface area (Å²) in [6, 6.07) is 15.0. The third-order valence-electron chi connectivity index (χ3n) is 3.95. The second-order valence-electron chi connectivity index (χ2n) is 5.93. The van der Waals surface area contributed by atoms with Crippen molar-refractivity contribution in [3.8, 4) is 5.69 Å². The molecule has 0 radical (unpaired) electrons. The first-order valence-electron chi connectivity index (χ1n) is 7.95. The SMILES string of the molecule is C=S(N)(=O)c1ccc(-n2nc(C(=O)OC)cc2Cc2ccccc2)c(F)c1. The van der Waals surface area contributed by atoms with Gasteiger partial charge in [0.1, 0.15) is 11.5 Å². The number of hydrogen-bond donors (Lipinski definition) is 1. The van der Waals surface area contributed by atoms with Crippen molar-refractivity contribution in [3.05, 3.63) is 77.4 Å². The second kappa shape index (κ2) is 7.34. The fourth-order valence-electron chi connectivity index (χ4n) is 2.64. The van der Waals surface area contributed by atoms with Crippen LogP contribution in [0, 0.1) is 5.82 Å². The van der Waals surface area contributed by atoms with E-state index in [4.69, 9.17) is 9.88 Å². The molecule has 1 atom stereocenters. The first kappa shape index (κ1) is 18.8. The first-order valence-corrected chi connectivity index (χ1v) is 9.74. The maximum atomic E-state index is 14.7. The summed E-state index contributed by atoms with van der Waals surface area (Å²) in [6.07, 6.45) is 0.426. The van der Waals surface area contributed by atoms with Crippen LogP contribution >= 0.6 is 0 Å². The van der Waals surface area contributed by atoms with E-state index in [1.807, 2.05) is 30.3 Å². The lowest BCUT2D eigenvalue weighted by molar-refractivity contribution is 0.0593. The summed E-state index contributed by atoms with van der Waals surface area (Å²) in [5.74, 6) is 2.05. The summed E-state index contributed by atoms with van der Waals surface area (Å²) in [5, 5.41) is 9.66. The van der Waals surface area contributed by atoms with Gasteiger partial charge in [-0.25, -0.2) is 18.1 Å². The van der Waals surface area contributed by atoms with Crippen LogP contribution in [0.1, 0.15) is 21.7 Å². The van der Waals surface area contributed by atoms with Crippen LogP contribution in [-0.2, 0) is 20.9 Å². The van der Waals surface area contributed by atoms with Crippen LogP contribution in [0.5, 0.6) is 0 Å². The molecule has 0 bridgehead atoms. The fraction of sp³-hybridized carbons (Fsp3) is 0.105. The molecule has 27 heavy (non-hydrogen) atoms. The minimum Gasteiger partial charge on any atom is -0.464 e. The van der Waals surface area contributed by atoms with Gasteiger partial charge in [-0.05, 0) is 35.7 Å². The zero-order chi connectivity index (χ0) is 19.6. The van der Waals surface area contributed by atoms with Crippen molar-refractivity contribution in [2.24, 2.45) is 5.14 Å². The van der Waals surface area contributed by atoms with Crippen molar-refractivity contribution < 1.29 is 18.1 Å². The molecule has 1 aromatic heterocycles. The monoisotopic (exact) mass is 387 g/mol. The normalized spacial score (nSPS) is 13.1. The summed E-state index contributed by atoms with van der Waals surface area (Å²) in [7, 11) is -1.79. The van der Waals surface area contributed by atoms with E-state index in [1.54, 1.807) is 6.07 Å². The summed E-state index contributed by atoms with van der Waals surface area (Å²) >= 11 is 0. The summed E-state index contributed by atoms with van der Waals surface area (Å²) < 4.78 is 32.6. The lowest BCUT2D eigenvalue weighted by atomic mass is 10.1. The van der Waals surface area contributed by atoms with Gasteiger partial charge in [0.2, 0.25) is 0 Å². The number of nitrogens with two attached hydrogens (primary N) is 1. The molecule has 2 N–H and O–H groups in total. The fourth-order valence-corrected chi connectivity index (χ4v) is 3.24. The number of hydrogen-bond acceptors (Lipinski definition) is 4. The molecule has 1 heterocycles. The van der Waals surface area contributed by atoms with Gasteiger partial charge in [0.15, 0.2) is 5.69 Å². The van der Waals surface area contributed by atoms with Gasteiger partial charge in [0, 0.05) is 17.0 Å². The van der Waals surface area contributed by atoms with Crippen LogP contribution in [0.4, 0.5) is 4.39 Å². The van der Waals surface area contributed by atoms with Crippen LogP contribution in [0.3, 0.4) is 0 Å².